The highest BCUT2D eigenvalue weighted by atomic mass is 19.1. The van der Waals surface area contributed by atoms with Crippen LogP contribution >= 0.6 is 0 Å². The molecule has 1 aliphatic carbocycles. The standard InChI is InChI=1S/C19H21FN2O3/c20-13-6-8-14(9-7-13)25-12-2-5-18(23)21-16-3-1-4-17-15(16)10-11-19(24)22-17/h6-11,16H,1-5,12H2,(H,21,23)(H,22,24). The maximum absolute atomic E-state index is 12.8. The molecule has 1 atom stereocenters. The van der Waals surface area contributed by atoms with Crippen LogP contribution in [0.1, 0.15) is 43.0 Å². The van der Waals surface area contributed by atoms with Gasteiger partial charge in [-0.05, 0) is 61.6 Å². The van der Waals surface area contributed by atoms with Crippen molar-refractivity contribution < 1.29 is 13.9 Å². The van der Waals surface area contributed by atoms with E-state index in [1.165, 1.54) is 18.2 Å². The molecule has 3 rings (SSSR count). The molecule has 6 heteroatoms. The van der Waals surface area contributed by atoms with Crippen LogP contribution < -0.4 is 15.6 Å². The molecule has 0 saturated heterocycles. The predicted molar refractivity (Wildman–Crippen MR) is 92.0 cm³/mol. The lowest BCUT2D eigenvalue weighted by atomic mass is 9.91. The molecule has 2 N–H and O–H groups in total. The van der Waals surface area contributed by atoms with Gasteiger partial charge in [0.1, 0.15) is 11.6 Å². The van der Waals surface area contributed by atoms with E-state index in [9.17, 15) is 14.0 Å². The number of rotatable bonds is 6. The number of aryl methyl sites for hydroxylation is 1. The van der Waals surface area contributed by atoms with Crippen LogP contribution in [0.25, 0.3) is 0 Å². The molecule has 0 aliphatic heterocycles. The number of aromatic nitrogens is 1. The van der Waals surface area contributed by atoms with Gasteiger partial charge in [0.05, 0.1) is 12.6 Å². The van der Waals surface area contributed by atoms with E-state index in [0.717, 1.165) is 30.5 Å². The van der Waals surface area contributed by atoms with Crippen LogP contribution in [0.3, 0.4) is 0 Å². The van der Waals surface area contributed by atoms with E-state index >= 15 is 0 Å². The lowest BCUT2D eigenvalue weighted by molar-refractivity contribution is -0.122. The van der Waals surface area contributed by atoms with Gasteiger partial charge >= 0.3 is 0 Å². The van der Waals surface area contributed by atoms with Gasteiger partial charge in [-0.3, -0.25) is 9.59 Å². The van der Waals surface area contributed by atoms with Gasteiger partial charge in [-0.15, -0.1) is 0 Å². The van der Waals surface area contributed by atoms with Gasteiger partial charge in [0, 0.05) is 18.2 Å². The smallest absolute Gasteiger partial charge is 0.248 e. The topological polar surface area (TPSA) is 71.2 Å². The Morgan fingerprint density at radius 2 is 2.04 bits per heavy atom. The van der Waals surface area contributed by atoms with E-state index in [0.29, 0.717) is 25.2 Å². The summed E-state index contributed by atoms with van der Waals surface area (Å²) in [6.07, 6.45) is 3.58. The number of carbonyl (C=O) groups is 1. The molecular formula is C19H21FN2O3. The van der Waals surface area contributed by atoms with E-state index in [-0.39, 0.29) is 23.3 Å². The van der Waals surface area contributed by atoms with Crippen molar-refractivity contribution in [1.29, 1.82) is 0 Å². The summed E-state index contributed by atoms with van der Waals surface area (Å²) < 4.78 is 18.3. The Kier molecular flexibility index (Phi) is 5.48. The summed E-state index contributed by atoms with van der Waals surface area (Å²) in [6.45, 7) is 0.396. The van der Waals surface area contributed by atoms with Gasteiger partial charge in [-0.25, -0.2) is 4.39 Å². The van der Waals surface area contributed by atoms with Crippen LogP contribution in [0, 0.1) is 5.82 Å². The summed E-state index contributed by atoms with van der Waals surface area (Å²) in [7, 11) is 0. The largest absolute Gasteiger partial charge is 0.494 e. The van der Waals surface area contributed by atoms with E-state index < -0.39 is 0 Å². The van der Waals surface area contributed by atoms with E-state index in [1.54, 1.807) is 18.2 Å². The van der Waals surface area contributed by atoms with Crippen molar-refractivity contribution in [2.75, 3.05) is 6.61 Å². The summed E-state index contributed by atoms with van der Waals surface area (Å²) in [5, 5.41) is 3.03. The second-order valence-corrected chi connectivity index (χ2v) is 6.17. The number of halogens is 1. The number of pyridine rings is 1. The summed E-state index contributed by atoms with van der Waals surface area (Å²) in [6, 6.07) is 9.06. The zero-order chi connectivity index (χ0) is 17.6. The number of aromatic amines is 1. The van der Waals surface area contributed by atoms with Gasteiger partial charge in [-0.2, -0.15) is 0 Å². The number of carbonyl (C=O) groups excluding carboxylic acids is 1. The predicted octanol–water partition coefficient (Wildman–Crippen LogP) is 2.87. The molecule has 1 amide bonds. The summed E-state index contributed by atoms with van der Waals surface area (Å²) in [5.41, 5.74) is 1.81. The molecule has 0 fully saturated rings. The minimum absolute atomic E-state index is 0.0354. The number of H-pyrrole nitrogens is 1. The fraction of sp³-hybridized carbons (Fsp3) is 0.368. The van der Waals surface area contributed by atoms with Gasteiger partial charge in [-0.1, -0.05) is 0 Å². The van der Waals surface area contributed by atoms with E-state index in [2.05, 4.69) is 10.3 Å². The number of hydrogen-bond donors (Lipinski definition) is 2. The van der Waals surface area contributed by atoms with Crippen molar-refractivity contribution in [2.24, 2.45) is 0 Å². The second-order valence-electron chi connectivity index (χ2n) is 6.17. The first-order valence-corrected chi connectivity index (χ1v) is 8.51. The Bertz CT molecular complexity index is 786. The monoisotopic (exact) mass is 344 g/mol. The average molecular weight is 344 g/mol. The van der Waals surface area contributed by atoms with Crippen LogP contribution in [-0.2, 0) is 11.2 Å². The molecule has 0 bridgehead atoms. The zero-order valence-corrected chi connectivity index (χ0v) is 13.9. The minimum Gasteiger partial charge on any atom is -0.494 e. The molecule has 5 nitrogen and oxygen atoms in total. The zero-order valence-electron chi connectivity index (χ0n) is 13.9. The average Bonchev–Trinajstić information content (AvgIpc) is 2.60. The van der Waals surface area contributed by atoms with Crippen LogP contribution in [0.2, 0.25) is 0 Å². The fourth-order valence-electron chi connectivity index (χ4n) is 3.07. The van der Waals surface area contributed by atoms with Gasteiger partial charge in [0.15, 0.2) is 0 Å². The Hall–Kier alpha value is -2.63. The number of nitrogens with one attached hydrogen (secondary N) is 2. The molecule has 25 heavy (non-hydrogen) atoms. The summed E-state index contributed by atoms with van der Waals surface area (Å²) >= 11 is 0. The Labute approximate surface area is 145 Å². The van der Waals surface area contributed by atoms with Crippen LogP contribution in [0.15, 0.2) is 41.2 Å². The molecule has 1 aromatic heterocycles. The van der Waals surface area contributed by atoms with Crippen molar-refractivity contribution in [3.05, 3.63) is 63.8 Å². The number of fused-ring (bicyclic) bond motifs is 1. The highest BCUT2D eigenvalue weighted by Gasteiger charge is 2.22. The van der Waals surface area contributed by atoms with Crippen molar-refractivity contribution >= 4 is 5.91 Å². The van der Waals surface area contributed by atoms with Gasteiger partial charge in [0.25, 0.3) is 0 Å². The van der Waals surface area contributed by atoms with Gasteiger partial charge in [0.2, 0.25) is 11.5 Å². The van der Waals surface area contributed by atoms with Crippen molar-refractivity contribution in [3.63, 3.8) is 0 Å². The third-order valence-corrected chi connectivity index (χ3v) is 4.30. The molecule has 1 heterocycles. The SMILES string of the molecule is O=C(CCCOc1ccc(F)cc1)NC1CCCc2[nH]c(=O)ccc21. The third-order valence-electron chi connectivity index (χ3n) is 4.30. The summed E-state index contributed by atoms with van der Waals surface area (Å²) in [4.78, 5) is 26.4. The molecule has 1 aliphatic rings. The van der Waals surface area contributed by atoms with Crippen LogP contribution in [-0.4, -0.2) is 17.5 Å². The lowest BCUT2D eigenvalue weighted by Gasteiger charge is -2.25. The normalized spacial score (nSPS) is 16.1. The highest BCUT2D eigenvalue weighted by Crippen LogP contribution is 2.27. The maximum atomic E-state index is 12.8. The number of ether oxygens (including phenoxy) is 1. The Morgan fingerprint density at radius 1 is 1.24 bits per heavy atom. The highest BCUT2D eigenvalue weighted by molar-refractivity contribution is 5.76. The first kappa shape index (κ1) is 17.2. The van der Waals surface area contributed by atoms with Crippen molar-refractivity contribution in [3.8, 4) is 5.75 Å². The molecule has 0 saturated carbocycles. The molecule has 1 unspecified atom stereocenters. The summed E-state index contributed by atoms with van der Waals surface area (Å²) in [5.74, 6) is 0.250. The molecule has 2 aromatic rings. The van der Waals surface area contributed by atoms with E-state index in [4.69, 9.17) is 4.74 Å². The number of amides is 1. The number of hydrogen-bond acceptors (Lipinski definition) is 3. The maximum Gasteiger partial charge on any atom is 0.248 e. The number of benzene rings is 1. The second kappa shape index (κ2) is 7.96. The molecule has 132 valence electrons. The van der Waals surface area contributed by atoms with Crippen LogP contribution in [0.5, 0.6) is 5.75 Å². The Balaban J connectivity index is 1.45. The van der Waals surface area contributed by atoms with Crippen molar-refractivity contribution in [1.82, 2.24) is 10.3 Å². The lowest BCUT2D eigenvalue weighted by Crippen LogP contribution is -2.32. The molecule has 0 radical (unpaired) electrons. The van der Waals surface area contributed by atoms with Gasteiger partial charge < -0.3 is 15.0 Å². The van der Waals surface area contributed by atoms with E-state index in [1.807, 2.05) is 0 Å². The fourth-order valence-corrected chi connectivity index (χ4v) is 3.07. The minimum atomic E-state index is -0.305. The molecule has 1 aromatic carbocycles. The molecule has 0 spiro atoms. The van der Waals surface area contributed by atoms with Crippen molar-refractivity contribution in [2.45, 2.75) is 38.1 Å². The Morgan fingerprint density at radius 3 is 2.84 bits per heavy atom. The third kappa shape index (κ3) is 4.68. The quantitative estimate of drug-likeness (QED) is 0.792. The molecular weight excluding hydrogens is 323 g/mol. The first-order valence-electron chi connectivity index (χ1n) is 8.51. The van der Waals surface area contributed by atoms with Crippen LogP contribution in [0.4, 0.5) is 4.39 Å². The first-order chi connectivity index (χ1) is 12.1.